The SMILES string of the molecule is NC1(c2cc(C3CC3)[nH]n2)C=CNC(=NCc2ccc3[nH]cnc3c2F)N1. The molecule has 2 aliphatic rings. The fourth-order valence-corrected chi connectivity index (χ4v) is 3.21. The average Bonchev–Trinajstić information content (AvgIpc) is 3.19. The molecule has 3 heterocycles. The highest BCUT2D eigenvalue weighted by Crippen LogP contribution is 2.39. The Morgan fingerprint density at radius 3 is 3.07 bits per heavy atom. The Morgan fingerprint density at radius 2 is 2.22 bits per heavy atom. The molecule has 0 radical (unpaired) electrons. The third kappa shape index (κ3) is 2.85. The topological polar surface area (TPSA) is 120 Å². The highest BCUT2D eigenvalue weighted by Gasteiger charge is 2.33. The first kappa shape index (κ1) is 16.0. The van der Waals surface area contributed by atoms with Crippen LogP contribution in [0.4, 0.5) is 4.39 Å². The summed E-state index contributed by atoms with van der Waals surface area (Å²) >= 11 is 0. The van der Waals surface area contributed by atoms with Crippen LogP contribution < -0.4 is 16.4 Å². The molecule has 1 atom stereocenters. The maximum atomic E-state index is 14.5. The fraction of sp³-hybridized carbons (Fsp3) is 0.278. The Hall–Kier alpha value is -3.20. The summed E-state index contributed by atoms with van der Waals surface area (Å²) in [5.41, 5.74) is 8.73. The van der Waals surface area contributed by atoms with Crippen molar-refractivity contribution >= 4 is 17.0 Å². The number of hydrogen-bond donors (Lipinski definition) is 5. The van der Waals surface area contributed by atoms with Crippen LogP contribution in [0.3, 0.4) is 0 Å². The Balaban J connectivity index is 1.37. The number of aromatic nitrogens is 4. The molecule has 1 aliphatic carbocycles. The summed E-state index contributed by atoms with van der Waals surface area (Å²) in [5, 5.41) is 13.6. The maximum Gasteiger partial charge on any atom is 0.197 e. The van der Waals surface area contributed by atoms with Gasteiger partial charge in [-0.3, -0.25) is 5.10 Å². The quantitative estimate of drug-likeness (QED) is 0.481. The van der Waals surface area contributed by atoms with Gasteiger partial charge in [0.05, 0.1) is 18.4 Å². The van der Waals surface area contributed by atoms with Crippen LogP contribution in [0.15, 0.2) is 41.8 Å². The number of halogens is 1. The largest absolute Gasteiger partial charge is 0.345 e. The van der Waals surface area contributed by atoms with Crippen LogP contribution in [0.5, 0.6) is 0 Å². The van der Waals surface area contributed by atoms with Gasteiger partial charge in [-0.2, -0.15) is 5.10 Å². The van der Waals surface area contributed by atoms with E-state index in [0.29, 0.717) is 34.2 Å². The van der Waals surface area contributed by atoms with E-state index >= 15 is 0 Å². The summed E-state index contributed by atoms with van der Waals surface area (Å²) in [6, 6.07) is 5.48. The maximum absolute atomic E-state index is 14.5. The van der Waals surface area contributed by atoms with Gasteiger partial charge in [0.15, 0.2) is 17.4 Å². The molecule has 3 aromatic rings. The molecule has 1 unspecified atom stereocenters. The summed E-state index contributed by atoms with van der Waals surface area (Å²) in [6.07, 6.45) is 7.34. The molecule has 0 bridgehead atoms. The highest BCUT2D eigenvalue weighted by molar-refractivity contribution is 5.83. The summed E-state index contributed by atoms with van der Waals surface area (Å²) in [5.74, 6) is 0.649. The minimum Gasteiger partial charge on any atom is -0.345 e. The van der Waals surface area contributed by atoms with Crippen molar-refractivity contribution in [2.45, 2.75) is 31.0 Å². The molecule has 0 saturated heterocycles. The van der Waals surface area contributed by atoms with Gasteiger partial charge in [0.25, 0.3) is 0 Å². The minimum absolute atomic E-state index is 0.155. The Morgan fingerprint density at radius 1 is 1.33 bits per heavy atom. The molecular formula is C18H19FN8. The predicted molar refractivity (Wildman–Crippen MR) is 99.0 cm³/mol. The van der Waals surface area contributed by atoms with Gasteiger partial charge in [-0.15, -0.1) is 0 Å². The van der Waals surface area contributed by atoms with Gasteiger partial charge in [0.1, 0.15) is 11.2 Å². The minimum atomic E-state index is -0.974. The van der Waals surface area contributed by atoms with Crippen molar-refractivity contribution < 1.29 is 4.39 Å². The number of hydrogen-bond acceptors (Lipinski definition) is 4. The lowest BCUT2D eigenvalue weighted by Gasteiger charge is -2.30. The molecule has 5 rings (SSSR count). The van der Waals surface area contributed by atoms with Crippen molar-refractivity contribution in [3.05, 3.63) is 59.6 Å². The number of guanidine groups is 1. The average molecular weight is 366 g/mol. The number of aromatic amines is 2. The summed E-state index contributed by atoms with van der Waals surface area (Å²) in [4.78, 5) is 11.3. The van der Waals surface area contributed by atoms with E-state index in [4.69, 9.17) is 5.73 Å². The smallest absolute Gasteiger partial charge is 0.197 e. The lowest BCUT2D eigenvalue weighted by molar-refractivity contribution is 0.483. The second-order valence-corrected chi connectivity index (χ2v) is 6.96. The molecule has 0 amide bonds. The molecule has 27 heavy (non-hydrogen) atoms. The van der Waals surface area contributed by atoms with Crippen molar-refractivity contribution in [1.29, 1.82) is 0 Å². The Labute approximate surface area is 154 Å². The van der Waals surface area contributed by atoms with Crippen LogP contribution in [-0.2, 0) is 12.2 Å². The first-order valence-corrected chi connectivity index (χ1v) is 8.84. The second kappa shape index (κ2) is 5.92. The molecular weight excluding hydrogens is 347 g/mol. The van der Waals surface area contributed by atoms with Gasteiger partial charge in [-0.05, 0) is 31.1 Å². The van der Waals surface area contributed by atoms with Crippen LogP contribution in [0.2, 0.25) is 0 Å². The van der Waals surface area contributed by atoms with Crippen molar-refractivity contribution in [3.63, 3.8) is 0 Å². The van der Waals surface area contributed by atoms with E-state index in [9.17, 15) is 4.39 Å². The molecule has 0 spiro atoms. The standard InChI is InChI=1S/C18H19FN8/c19-15-11(3-4-12-16(15)24-9-23-12)8-22-17-21-6-5-18(20,25-17)14-7-13(26-27-14)10-1-2-10/h3-7,9-10H,1-2,8,20H2,(H,23,24)(H,26,27)(H2,21,22,25). The zero-order valence-corrected chi connectivity index (χ0v) is 14.5. The third-order valence-corrected chi connectivity index (χ3v) is 4.95. The molecule has 1 saturated carbocycles. The van der Waals surface area contributed by atoms with Crippen molar-refractivity contribution in [2.24, 2.45) is 10.7 Å². The van der Waals surface area contributed by atoms with E-state index in [0.717, 1.165) is 5.69 Å². The van der Waals surface area contributed by atoms with E-state index in [1.54, 1.807) is 24.4 Å². The van der Waals surface area contributed by atoms with Gasteiger partial charge < -0.3 is 21.4 Å². The van der Waals surface area contributed by atoms with E-state index in [2.05, 4.69) is 35.8 Å². The van der Waals surface area contributed by atoms with Gasteiger partial charge in [-0.1, -0.05) is 6.07 Å². The van der Waals surface area contributed by atoms with Crippen LogP contribution in [0, 0.1) is 5.82 Å². The third-order valence-electron chi connectivity index (χ3n) is 4.95. The number of rotatable bonds is 4. The van der Waals surface area contributed by atoms with E-state index in [-0.39, 0.29) is 12.4 Å². The number of benzene rings is 1. The number of aliphatic imine (C=N–C) groups is 1. The number of H-pyrrole nitrogens is 2. The highest BCUT2D eigenvalue weighted by atomic mass is 19.1. The molecule has 1 fully saturated rings. The Bertz CT molecular complexity index is 1060. The fourth-order valence-electron chi connectivity index (χ4n) is 3.21. The second-order valence-electron chi connectivity index (χ2n) is 6.96. The molecule has 138 valence electrons. The molecule has 8 nitrogen and oxygen atoms in total. The van der Waals surface area contributed by atoms with Crippen LogP contribution >= 0.6 is 0 Å². The first-order valence-electron chi connectivity index (χ1n) is 8.84. The normalized spacial score (nSPS) is 23.6. The Kier molecular flexibility index (Phi) is 3.51. The number of nitrogens with one attached hydrogen (secondary N) is 4. The molecule has 1 aromatic carbocycles. The first-order chi connectivity index (χ1) is 13.1. The zero-order valence-electron chi connectivity index (χ0n) is 14.5. The number of nitrogens with two attached hydrogens (primary N) is 1. The number of imidazole rings is 1. The molecule has 2 aromatic heterocycles. The van der Waals surface area contributed by atoms with Crippen molar-refractivity contribution in [1.82, 2.24) is 30.8 Å². The van der Waals surface area contributed by atoms with Crippen molar-refractivity contribution in [2.75, 3.05) is 0 Å². The monoisotopic (exact) mass is 366 g/mol. The van der Waals surface area contributed by atoms with E-state index in [1.807, 2.05) is 6.07 Å². The van der Waals surface area contributed by atoms with E-state index in [1.165, 1.54) is 19.2 Å². The van der Waals surface area contributed by atoms with Gasteiger partial charge in [-0.25, -0.2) is 14.4 Å². The summed E-state index contributed by atoms with van der Waals surface area (Å²) in [7, 11) is 0. The van der Waals surface area contributed by atoms with Crippen LogP contribution in [0.1, 0.15) is 35.7 Å². The summed E-state index contributed by atoms with van der Waals surface area (Å²) < 4.78 is 14.5. The molecule has 6 N–H and O–H groups in total. The van der Waals surface area contributed by atoms with Crippen molar-refractivity contribution in [3.8, 4) is 0 Å². The predicted octanol–water partition coefficient (Wildman–Crippen LogP) is 1.68. The van der Waals surface area contributed by atoms with Crippen LogP contribution in [-0.4, -0.2) is 26.1 Å². The number of nitrogens with zero attached hydrogens (tertiary/aromatic N) is 3. The van der Waals surface area contributed by atoms with E-state index < -0.39 is 5.66 Å². The number of fused-ring (bicyclic) bond motifs is 1. The van der Waals surface area contributed by atoms with Gasteiger partial charge in [0, 0.05) is 23.4 Å². The van der Waals surface area contributed by atoms with Gasteiger partial charge >= 0.3 is 0 Å². The molecule has 9 heteroatoms. The van der Waals surface area contributed by atoms with Crippen LogP contribution in [0.25, 0.3) is 11.0 Å². The summed E-state index contributed by atoms with van der Waals surface area (Å²) in [6.45, 7) is 0.155. The zero-order chi connectivity index (χ0) is 18.4. The molecule has 1 aliphatic heterocycles. The van der Waals surface area contributed by atoms with Gasteiger partial charge in [0.2, 0.25) is 0 Å². The lowest BCUT2D eigenvalue weighted by Crippen LogP contribution is -2.57. The lowest BCUT2D eigenvalue weighted by atomic mass is 10.1.